The van der Waals surface area contributed by atoms with Crippen molar-refractivity contribution in [2.75, 3.05) is 40.9 Å². The fraction of sp³-hybridized carbons (Fsp3) is 0.936. The van der Waals surface area contributed by atoms with Crippen molar-refractivity contribution >= 4 is 13.7 Å². The molecule has 1 unspecified atom stereocenters. The third-order valence-electron chi connectivity index (χ3n) is 11.0. The van der Waals surface area contributed by atoms with Gasteiger partial charge in [-0.1, -0.05) is 199 Å². The maximum Gasteiger partial charge on any atom is 0.268 e. The summed E-state index contributed by atoms with van der Waals surface area (Å²) in [6.07, 6.45) is 45.0. The number of unbranched alkanes of at least 4 members (excludes halogenated alkanes) is 29. The average molecular weight is 815 g/mol. The van der Waals surface area contributed by atoms with Crippen LogP contribution in [0.15, 0.2) is 12.2 Å². The number of nitrogens with one attached hydrogen (secondary N) is 1. The first kappa shape index (κ1) is 55.2. The minimum atomic E-state index is -4.57. The Bertz CT molecular complexity index is 927. The van der Waals surface area contributed by atoms with E-state index >= 15 is 0 Å². The van der Waals surface area contributed by atoms with Crippen molar-refractivity contribution < 1.29 is 32.9 Å². The number of allylic oxidation sites excluding steroid dienone is 2. The fourth-order valence-electron chi connectivity index (χ4n) is 7.15. The van der Waals surface area contributed by atoms with E-state index in [4.69, 9.17) is 9.05 Å². The van der Waals surface area contributed by atoms with E-state index in [1.165, 1.54) is 161 Å². The van der Waals surface area contributed by atoms with Crippen molar-refractivity contribution in [3.8, 4) is 0 Å². The van der Waals surface area contributed by atoms with Gasteiger partial charge in [-0.3, -0.25) is 9.36 Å². The Balaban J connectivity index is 4.32. The maximum atomic E-state index is 12.9. The molecule has 0 spiro atoms. The molecule has 56 heavy (non-hydrogen) atoms. The Morgan fingerprint density at radius 1 is 0.607 bits per heavy atom. The van der Waals surface area contributed by atoms with Crippen LogP contribution in [0.4, 0.5) is 0 Å². The molecule has 0 bridgehead atoms. The second-order valence-corrected chi connectivity index (χ2v) is 19.2. The summed E-state index contributed by atoms with van der Waals surface area (Å²) in [5.74, 6) is -0.171. The minimum Gasteiger partial charge on any atom is -0.756 e. The molecule has 0 aliphatic heterocycles. The SMILES string of the molecule is CCCCCCCCCCCC/C=C/CCCC[C@@H](O)[C@H](COP(=O)([O-])OCC[N+](C)(C)C)NC(=O)CCCCCCCCCCCCCCCCCCCC. The Morgan fingerprint density at radius 2 is 0.982 bits per heavy atom. The van der Waals surface area contributed by atoms with Gasteiger partial charge < -0.3 is 28.8 Å². The van der Waals surface area contributed by atoms with Gasteiger partial charge in [0, 0.05) is 6.42 Å². The summed E-state index contributed by atoms with van der Waals surface area (Å²) in [6.45, 7) is 4.72. The van der Waals surface area contributed by atoms with E-state index in [2.05, 4.69) is 31.3 Å². The number of likely N-dealkylation sites (N-methyl/N-ethyl adjacent to an activating group) is 1. The van der Waals surface area contributed by atoms with E-state index in [1.54, 1.807) is 0 Å². The van der Waals surface area contributed by atoms with E-state index < -0.39 is 20.0 Å². The zero-order chi connectivity index (χ0) is 41.4. The van der Waals surface area contributed by atoms with Gasteiger partial charge in [0.05, 0.1) is 39.9 Å². The lowest BCUT2D eigenvalue weighted by atomic mass is 10.0. The van der Waals surface area contributed by atoms with Crippen LogP contribution in [0.1, 0.15) is 232 Å². The summed E-state index contributed by atoms with van der Waals surface area (Å²) in [5.41, 5.74) is 0. The number of carbonyl (C=O) groups excluding carboxylic acids is 1. The van der Waals surface area contributed by atoms with Gasteiger partial charge in [0.2, 0.25) is 5.91 Å². The molecule has 0 aliphatic rings. The second-order valence-electron chi connectivity index (χ2n) is 17.8. The first-order chi connectivity index (χ1) is 27.0. The number of amides is 1. The Labute approximate surface area is 348 Å². The van der Waals surface area contributed by atoms with Gasteiger partial charge in [0.25, 0.3) is 7.82 Å². The van der Waals surface area contributed by atoms with Crippen LogP contribution in [0.2, 0.25) is 0 Å². The highest BCUT2D eigenvalue weighted by molar-refractivity contribution is 7.45. The summed E-state index contributed by atoms with van der Waals surface area (Å²) in [7, 11) is 1.30. The highest BCUT2D eigenvalue weighted by Crippen LogP contribution is 2.38. The zero-order valence-electron chi connectivity index (χ0n) is 37.9. The van der Waals surface area contributed by atoms with E-state index in [9.17, 15) is 19.4 Å². The van der Waals surface area contributed by atoms with Gasteiger partial charge in [0.15, 0.2) is 0 Å². The van der Waals surface area contributed by atoms with E-state index in [1.807, 2.05) is 21.1 Å². The lowest BCUT2D eigenvalue weighted by Gasteiger charge is -2.30. The summed E-state index contributed by atoms with van der Waals surface area (Å²) < 4.78 is 23.3. The summed E-state index contributed by atoms with van der Waals surface area (Å²) in [6, 6.07) is -0.811. The van der Waals surface area contributed by atoms with Gasteiger partial charge in [-0.05, 0) is 38.5 Å². The molecule has 8 nitrogen and oxygen atoms in total. The summed E-state index contributed by atoms with van der Waals surface area (Å²) in [4.78, 5) is 25.4. The smallest absolute Gasteiger partial charge is 0.268 e. The number of phosphoric ester groups is 1. The van der Waals surface area contributed by atoms with E-state index in [-0.39, 0.29) is 19.1 Å². The third kappa shape index (κ3) is 41.4. The predicted molar refractivity (Wildman–Crippen MR) is 238 cm³/mol. The first-order valence-electron chi connectivity index (χ1n) is 24.0. The Morgan fingerprint density at radius 3 is 1.39 bits per heavy atom. The van der Waals surface area contributed by atoms with Crippen LogP contribution >= 0.6 is 7.82 Å². The van der Waals surface area contributed by atoms with Gasteiger partial charge >= 0.3 is 0 Å². The predicted octanol–water partition coefficient (Wildman–Crippen LogP) is 12.9. The van der Waals surface area contributed by atoms with Crippen LogP contribution in [-0.2, 0) is 18.4 Å². The number of hydrogen-bond donors (Lipinski definition) is 2. The van der Waals surface area contributed by atoms with E-state index in [0.29, 0.717) is 23.9 Å². The molecule has 0 radical (unpaired) electrons. The Kier molecular flexibility index (Phi) is 39.1. The van der Waals surface area contributed by atoms with Crippen LogP contribution in [0.5, 0.6) is 0 Å². The summed E-state index contributed by atoms with van der Waals surface area (Å²) in [5, 5.41) is 13.9. The molecule has 0 rings (SSSR count). The number of hydrogen-bond acceptors (Lipinski definition) is 6. The number of rotatable bonds is 44. The number of quaternary nitrogens is 1. The van der Waals surface area contributed by atoms with Crippen LogP contribution in [0.3, 0.4) is 0 Å². The Hall–Kier alpha value is -0.760. The second kappa shape index (κ2) is 39.7. The molecule has 334 valence electrons. The van der Waals surface area contributed by atoms with Crippen molar-refractivity contribution in [1.82, 2.24) is 5.32 Å². The lowest BCUT2D eigenvalue weighted by Crippen LogP contribution is -2.46. The molecule has 0 saturated carbocycles. The molecule has 1 amide bonds. The molecule has 0 aromatic rings. The highest BCUT2D eigenvalue weighted by atomic mass is 31.2. The molecular weight excluding hydrogens is 719 g/mol. The van der Waals surface area contributed by atoms with Crippen molar-refractivity contribution in [3.05, 3.63) is 12.2 Å². The number of aliphatic hydroxyl groups excluding tert-OH is 1. The molecule has 0 saturated heterocycles. The monoisotopic (exact) mass is 815 g/mol. The fourth-order valence-corrected chi connectivity index (χ4v) is 7.88. The van der Waals surface area contributed by atoms with Crippen molar-refractivity contribution in [2.24, 2.45) is 0 Å². The number of aliphatic hydroxyl groups is 1. The van der Waals surface area contributed by atoms with Crippen molar-refractivity contribution in [3.63, 3.8) is 0 Å². The zero-order valence-corrected chi connectivity index (χ0v) is 38.7. The third-order valence-corrected chi connectivity index (χ3v) is 12.0. The topological polar surface area (TPSA) is 108 Å². The van der Waals surface area contributed by atoms with Gasteiger partial charge in [0.1, 0.15) is 13.2 Å². The summed E-state index contributed by atoms with van der Waals surface area (Å²) >= 11 is 0. The average Bonchev–Trinajstić information content (AvgIpc) is 3.15. The van der Waals surface area contributed by atoms with Crippen LogP contribution in [0.25, 0.3) is 0 Å². The molecule has 0 heterocycles. The van der Waals surface area contributed by atoms with Crippen LogP contribution < -0.4 is 10.2 Å². The molecule has 0 aromatic carbocycles. The van der Waals surface area contributed by atoms with Crippen molar-refractivity contribution in [1.29, 1.82) is 0 Å². The standard InChI is InChI=1S/C47H95N2O6P/c1-6-8-10-12-14-16-18-20-22-24-25-27-29-31-33-35-37-39-41-47(51)48-45(44-55-56(52,53)54-43-42-49(3,4)5)46(50)40-38-36-34-32-30-28-26-23-21-19-17-15-13-11-9-7-2/h30,32,45-46,50H,6-29,31,33-44H2,1-5H3,(H-,48,51,52,53)/b32-30+/t45-,46+/m0/s1. The van der Waals surface area contributed by atoms with Gasteiger partial charge in [-0.2, -0.15) is 0 Å². The first-order valence-corrected chi connectivity index (χ1v) is 25.5. The van der Waals surface area contributed by atoms with Gasteiger partial charge in [-0.15, -0.1) is 0 Å². The molecular formula is C47H95N2O6P. The largest absolute Gasteiger partial charge is 0.756 e. The molecule has 0 aromatic heterocycles. The number of phosphoric acid groups is 1. The molecule has 0 aliphatic carbocycles. The highest BCUT2D eigenvalue weighted by Gasteiger charge is 2.24. The quantitative estimate of drug-likeness (QED) is 0.0274. The van der Waals surface area contributed by atoms with Crippen LogP contribution in [-0.4, -0.2) is 68.5 Å². The van der Waals surface area contributed by atoms with Crippen LogP contribution in [0, 0.1) is 0 Å². The minimum absolute atomic E-state index is 0.00985. The van der Waals surface area contributed by atoms with Gasteiger partial charge in [-0.25, -0.2) is 0 Å². The molecule has 3 atom stereocenters. The number of carbonyl (C=O) groups is 1. The molecule has 9 heteroatoms. The lowest BCUT2D eigenvalue weighted by molar-refractivity contribution is -0.870. The maximum absolute atomic E-state index is 12.9. The molecule has 2 N–H and O–H groups in total. The molecule has 0 fully saturated rings. The number of nitrogens with zero attached hydrogens (tertiary/aromatic N) is 1. The van der Waals surface area contributed by atoms with Crippen molar-refractivity contribution in [2.45, 2.75) is 244 Å². The normalized spacial score (nSPS) is 14.3. The van der Waals surface area contributed by atoms with E-state index in [0.717, 1.165) is 44.9 Å².